The van der Waals surface area contributed by atoms with E-state index in [0.29, 0.717) is 34.6 Å². The van der Waals surface area contributed by atoms with E-state index in [-0.39, 0.29) is 17.7 Å². The van der Waals surface area contributed by atoms with Crippen molar-refractivity contribution in [3.8, 4) is 17.3 Å². The number of fused-ring (bicyclic) bond motifs is 1. The second kappa shape index (κ2) is 9.26. The van der Waals surface area contributed by atoms with Gasteiger partial charge in [-0.15, -0.1) is 10.2 Å². The number of nitrogens with zero attached hydrogens (tertiary/aromatic N) is 3. The number of hydrogen-bond acceptors (Lipinski definition) is 6. The molecular weight excluding hydrogens is 412 g/mol. The Labute approximate surface area is 184 Å². The number of thioether (sulfide) groups is 1. The molecule has 1 atom stereocenters. The monoisotopic (exact) mass is 436 g/mol. The molecule has 0 bridgehead atoms. The van der Waals surface area contributed by atoms with Gasteiger partial charge in [0.15, 0.2) is 22.2 Å². The lowest BCUT2D eigenvalue weighted by Gasteiger charge is -2.14. The van der Waals surface area contributed by atoms with E-state index in [1.807, 2.05) is 73.0 Å². The van der Waals surface area contributed by atoms with Crippen LogP contribution in [0.2, 0.25) is 0 Å². The Balaban J connectivity index is 1.48. The maximum Gasteiger partial charge on any atom is 0.230 e. The van der Waals surface area contributed by atoms with E-state index in [9.17, 15) is 4.79 Å². The maximum absolute atomic E-state index is 12.4. The highest BCUT2D eigenvalue weighted by Crippen LogP contribution is 2.33. The molecule has 0 aliphatic heterocycles. The summed E-state index contributed by atoms with van der Waals surface area (Å²) in [4.78, 5) is 12.4. The average Bonchev–Trinajstić information content (AvgIpc) is 3.41. The van der Waals surface area contributed by atoms with Gasteiger partial charge in [0, 0.05) is 11.9 Å². The van der Waals surface area contributed by atoms with Crippen molar-refractivity contribution in [1.29, 1.82) is 0 Å². The molecule has 0 fully saturated rings. The minimum absolute atomic E-state index is 0.0537. The van der Waals surface area contributed by atoms with Crippen LogP contribution in [0, 0.1) is 0 Å². The number of carbonyl (C=O) groups is 1. The standard InChI is InChI=1S/C23H24N4O3S/c1-4-27-22(19-13-17-11-8-12-18(29-3)21(17)30-19)25-26-23(27)31-14-20(28)24-15(2)16-9-6-5-7-10-16/h5-13,15H,4,14H2,1-3H3,(H,24,28)/t15-/m1/s1. The van der Waals surface area contributed by atoms with Crippen LogP contribution in [0.1, 0.15) is 25.5 Å². The van der Waals surface area contributed by atoms with Crippen molar-refractivity contribution < 1.29 is 13.9 Å². The predicted octanol–water partition coefficient (Wildman–Crippen LogP) is 4.69. The first-order valence-electron chi connectivity index (χ1n) is 10.1. The van der Waals surface area contributed by atoms with Crippen LogP contribution >= 0.6 is 11.8 Å². The molecule has 0 saturated carbocycles. The fourth-order valence-electron chi connectivity index (χ4n) is 3.41. The lowest BCUT2D eigenvalue weighted by atomic mass is 10.1. The number of methoxy groups -OCH3 is 1. The molecule has 1 amide bonds. The van der Waals surface area contributed by atoms with Crippen LogP contribution < -0.4 is 10.1 Å². The van der Waals surface area contributed by atoms with Crippen LogP contribution in [-0.4, -0.2) is 33.5 Å². The Bertz CT molecular complexity index is 1190. The maximum atomic E-state index is 12.4. The van der Waals surface area contributed by atoms with Gasteiger partial charge < -0.3 is 14.5 Å². The number of nitrogens with one attached hydrogen (secondary N) is 1. The summed E-state index contributed by atoms with van der Waals surface area (Å²) in [6.07, 6.45) is 0. The molecule has 2 heterocycles. The molecule has 0 unspecified atom stereocenters. The van der Waals surface area contributed by atoms with Crippen LogP contribution in [0.4, 0.5) is 0 Å². The zero-order valence-corrected chi connectivity index (χ0v) is 18.5. The van der Waals surface area contributed by atoms with Gasteiger partial charge in [0.25, 0.3) is 0 Å². The van der Waals surface area contributed by atoms with Gasteiger partial charge in [0.2, 0.25) is 11.7 Å². The van der Waals surface area contributed by atoms with E-state index in [1.165, 1.54) is 11.8 Å². The molecule has 7 nitrogen and oxygen atoms in total. The van der Waals surface area contributed by atoms with Crippen LogP contribution in [0.25, 0.3) is 22.6 Å². The molecule has 0 saturated heterocycles. The Morgan fingerprint density at radius 2 is 2.00 bits per heavy atom. The Morgan fingerprint density at radius 3 is 2.74 bits per heavy atom. The van der Waals surface area contributed by atoms with Gasteiger partial charge in [-0.3, -0.25) is 9.36 Å². The van der Waals surface area contributed by atoms with Crippen molar-refractivity contribution in [3.05, 3.63) is 60.2 Å². The van der Waals surface area contributed by atoms with Crippen LogP contribution in [0.15, 0.2) is 64.2 Å². The van der Waals surface area contributed by atoms with E-state index in [0.717, 1.165) is 10.9 Å². The van der Waals surface area contributed by atoms with Crippen molar-refractivity contribution >= 4 is 28.6 Å². The molecule has 0 aliphatic rings. The Morgan fingerprint density at radius 1 is 1.19 bits per heavy atom. The number of para-hydroxylation sites is 1. The molecule has 2 aromatic heterocycles. The van der Waals surface area contributed by atoms with Crippen LogP contribution in [0.3, 0.4) is 0 Å². The molecule has 0 spiro atoms. The van der Waals surface area contributed by atoms with Gasteiger partial charge >= 0.3 is 0 Å². The number of amides is 1. The summed E-state index contributed by atoms with van der Waals surface area (Å²) in [5.41, 5.74) is 1.74. The highest BCUT2D eigenvalue weighted by atomic mass is 32.2. The van der Waals surface area contributed by atoms with Crippen molar-refractivity contribution in [3.63, 3.8) is 0 Å². The summed E-state index contributed by atoms with van der Waals surface area (Å²) in [6.45, 7) is 4.64. The summed E-state index contributed by atoms with van der Waals surface area (Å²) in [6, 6.07) is 17.5. The van der Waals surface area contributed by atoms with Crippen molar-refractivity contribution in [2.75, 3.05) is 12.9 Å². The first kappa shape index (κ1) is 21.0. The summed E-state index contributed by atoms with van der Waals surface area (Å²) in [5, 5.41) is 13.2. The predicted molar refractivity (Wildman–Crippen MR) is 121 cm³/mol. The van der Waals surface area contributed by atoms with E-state index < -0.39 is 0 Å². The average molecular weight is 437 g/mol. The quantitative estimate of drug-likeness (QED) is 0.404. The number of carbonyl (C=O) groups excluding carboxylic acids is 1. The normalized spacial score (nSPS) is 12.1. The minimum atomic E-state index is -0.0561. The van der Waals surface area contributed by atoms with Gasteiger partial charge in [-0.05, 0) is 31.5 Å². The fraction of sp³-hybridized carbons (Fsp3) is 0.261. The summed E-state index contributed by atoms with van der Waals surface area (Å²) >= 11 is 1.36. The lowest BCUT2D eigenvalue weighted by molar-refractivity contribution is -0.119. The number of aromatic nitrogens is 3. The second-order valence-electron chi connectivity index (χ2n) is 7.03. The van der Waals surface area contributed by atoms with Crippen LogP contribution in [-0.2, 0) is 11.3 Å². The van der Waals surface area contributed by atoms with Gasteiger partial charge in [-0.1, -0.05) is 54.2 Å². The Hall–Kier alpha value is -3.26. The molecule has 4 rings (SSSR count). The molecule has 4 aromatic rings. The molecule has 8 heteroatoms. The second-order valence-corrected chi connectivity index (χ2v) is 7.97. The third-order valence-electron chi connectivity index (χ3n) is 4.99. The van der Waals surface area contributed by atoms with Gasteiger partial charge in [-0.2, -0.15) is 0 Å². The van der Waals surface area contributed by atoms with Crippen LogP contribution in [0.5, 0.6) is 5.75 Å². The molecule has 0 radical (unpaired) electrons. The number of benzene rings is 2. The van der Waals surface area contributed by atoms with Gasteiger partial charge in [-0.25, -0.2) is 0 Å². The molecule has 0 aliphatic carbocycles. The third-order valence-corrected chi connectivity index (χ3v) is 5.96. The first-order chi connectivity index (χ1) is 15.1. The zero-order chi connectivity index (χ0) is 21.8. The number of rotatable bonds is 8. The molecular formula is C23H24N4O3S. The summed E-state index contributed by atoms with van der Waals surface area (Å²) in [5.74, 6) is 2.11. The highest BCUT2D eigenvalue weighted by Gasteiger charge is 2.19. The Kier molecular flexibility index (Phi) is 6.27. The fourth-order valence-corrected chi connectivity index (χ4v) is 4.22. The van der Waals surface area contributed by atoms with Gasteiger partial charge in [0.1, 0.15) is 0 Å². The highest BCUT2D eigenvalue weighted by molar-refractivity contribution is 7.99. The summed E-state index contributed by atoms with van der Waals surface area (Å²) < 4.78 is 13.4. The number of furan rings is 1. The van der Waals surface area contributed by atoms with E-state index in [2.05, 4.69) is 15.5 Å². The van der Waals surface area contributed by atoms with Crippen molar-refractivity contribution in [1.82, 2.24) is 20.1 Å². The smallest absolute Gasteiger partial charge is 0.230 e. The lowest BCUT2D eigenvalue weighted by Crippen LogP contribution is -2.28. The van der Waals surface area contributed by atoms with E-state index in [1.54, 1.807) is 7.11 Å². The van der Waals surface area contributed by atoms with Crippen molar-refractivity contribution in [2.24, 2.45) is 0 Å². The van der Waals surface area contributed by atoms with Crippen molar-refractivity contribution in [2.45, 2.75) is 31.6 Å². The van der Waals surface area contributed by atoms with Gasteiger partial charge in [0.05, 0.1) is 18.9 Å². The molecule has 160 valence electrons. The first-order valence-corrected chi connectivity index (χ1v) is 11.1. The zero-order valence-electron chi connectivity index (χ0n) is 17.7. The minimum Gasteiger partial charge on any atom is -0.493 e. The third kappa shape index (κ3) is 4.44. The SMILES string of the molecule is CCn1c(SCC(=O)N[C@H](C)c2ccccc2)nnc1-c1cc2cccc(OC)c2o1. The molecule has 1 N–H and O–H groups in total. The number of ether oxygens (including phenoxy) is 1. The summed E-state index contributed by atoms with van der Waals surface area (Å²) in [7, 11) is 1.62. The topological polar surface area (TPSA) is 82.2 Å². The van der Waals surface area contributed by atoms with E-state index >= 15 is 0 Å². The molecule has 31 heavy (non-hydrogen) atoms. The van der Waals surface area contributed by atoms with E-state index in [4.69, 9.17) is 9.15 Å². The molecule has 2 aromatic carbocycles. The largest absolute Gasteiger partial charge is 0.493 e. The number of hydrogen-bond donors (Lipinski definition) is 1.